The molecule has 0 bridgehead atoms. The van der Waals surface area contributed by atoms with Crippen LogP contribution in [0.15, 0.2) is 18.2 Å². The maximum absolute atomic E-state index is 12.4. The molecule has 3 N–H and O–H groups in total. The van der Waals surface area contributed by atoms with Crippen molar-refractivity contribution in [3.8, 4) is 11.8 Å². The van der Waals surface area contributed by atoms with Crippen molar-refractivity contribution < 1.29 is 4.79 Å². The molecule has 1 aliphatic rings. The first-order valence-corrected chi connectivity index (χ1v) is 7.81. The number of hydrogen-bond donors (Lipinski definition) is 2. The fourth-order valence-electron chi connectivity index (χ4n) is 2.74. The number of rotatable bonds is 2. The first kappa shape index (κ1) is 15.6. The lowest BCUT2D eigenvalue weighted by Gasteiger charge is -2.16. The zero-order chi connectivity index (χ0) is 15.1. The first-order chi connectivity index (χ1) is 10.2. The quantitative estimate of drug-likeness (QED) is 0.648. The minimum atomic E-state index is 0.0118. The molecule has 112 valence electrons. The first-order valence-electron chi connectivity index (χ1n) is 7.81. The third kappa shape index (κ3) is 4.61. The van der Waals surface area contributed by atoms with E-state index in [1.54, 1.807) is 0 Å². The normalized spacial score (nSPS) is 15.7. The van der Waals surface area contributed by atoms with Gasteiger partial charge in [-0.2, -0.15) is 0 Å². The zero-order valence-corrected chi connectivity index (χ0v) is 12.7. The van der Waals surface area contributed by atoms with Gasteiger partial charge in [-0.15, -0.1) is 0 Å². The predicted molar refractivity (Wildman–Crippen MR) is 86.1 cm³/mol. The lowest BCUT2D eigenvalue weighted by atomic mass is 10.0. The molecule has 1 saturated carbocycles. The highest BCUT2D eigenvalue weighted by atomic mass is 16.1. The average Bonchev–Trinajstić information content (AvgIpc) is 2.75. The standard InChI is InChI=1S/C18H24N2O/c1-14-10-11-16(13-15(14)7-6-12-19)18(21)20-17-8-4-2-3-5-9-17/h10-11,13,17H,2-5,8-9,12,19H2,1H3,(H,20,21). The topological polar surface area (TPSA) is 55.1 Å². The van der Waals surface area contributed by atoms with Crippen molar-refractivity contribution in [3.63, 3.8) is 0 Å². The molecular weight excluding hydrogens is 260 g/mol. The molecule has 1 aromatic rings. The number of nitrogens with two attached hydrogens (primary N) is 1. The maximum Gasteiger partial charge on any atom is 0.251 e. The Hall–Kier alpha value is -1.79. The van der Waals surface area contributed by atoms with Gasteiger partial charge in [0, 0.05) is 17.2 Å². The van der Waals surface area contributed by atoms with Crippen molar-refractivity contribution in [3.05, 3.63) is 34.9 Å². The summed E-state index contributed by atoms with van der Waals surface area (Å²) in [5.41, 5.74) is 8.05. The molecule has 1 amide bonds. The summed E-state index contributed by atoms with van der Waals surface area (Å²) in [6, 6.07) is 6.00. The molecule has 1 aliphatic carbocycles. The second kappa shape index (κ2) is 7.85. The summed E-state index contributed by atoms with van der Waals surface area (Å²) in [4.78, 5) is 12.4. The van der Waals surface area contributed by atoms with Crippen molar-refractivity contribution >= 4 is 5.91 Å². The van der Waals surface area contributed by atoms with Gasteiger partial charge in [-0.3, -0.25) is 4.79 Å². The molecule has 0 radical (unpaired) electrons. The van der Waals surface area contributed by atoms with Crippen LogP contribution in [-0.2, 0) is 0 Å². The minimum Gasteiger partial charge on any atom is -0.349 e. The fraction of sp³-hybridized carbons (Fsp3) is 0.500. The van der Waals surface area contributed by atoms with E-state index in [2.05, 4.69) is 17.2 Å². The molecule has 3 heteroatoms. The SMILES string of the molecule is Cc1ccc(C(=O)NC2CCCCCC2)cc1C#CCN. The van der Waals surface area contributed by atoms with E-state index in [1.807, 2.05) is 25.1 Å². The van der Waals surface area contributed by atoms with Gasteiger partial charge in [-0.25, -0.2) is 0 Å². The highest BCUT2D eigenvalue weighted by molar-refractivity contribution is 5.94. The van der Waals surface area contributed by atoms with Crippen LogP contribution in [0.2, 0.25) is 0 Å². The summed E-state index contributed by atoms with van der Waals surface area (Å²) in [5.74, 6) is 5.89. The molecule has 0 atom stereocenters. The predicted octanol–water partition coefficient (Wildman–Crippen LogP) is 2.76. The number of hydrogen-bond acceptors (Lipinski definition) is 2. The highest BCUT2D eigenvalue weighted by Gasteiger charge is 2.16. The number of carbonyl (C=O) groups excluding carboxylic acids is 1. The van der Waals surface area contributed by atoms with E-state index >= 15 is 0 Å². The number of carbonyl (C=O) groups is 1. The second-order valence-corrected chi connectivity index (χ2v) is 5.70. The van der Waals surface area contributed by atoms with Gasteiger partial charge >= 0.3 is 0 Å². The van der Waals surface area contributed by atoms with Crippen molar-refractivity contribution in [2.75, 3.05) is 6.54 Å². The Morgan fingerprint density at radius 2 is 2.00 bits per heavy atom. The van der Waals surface area contributed by atoms with E-state index in [9.17, 15) is 4.79 Å². The van der Waals surface area contributed by atoms with Crippen LogP contribution in [0.3, 0.4) is 0 Å². The number of benzene rings is 1. The van der Waals surface area contributed by atoms with Gasteiger partial charge in [0.25, 0.3) is 5.91 Å². The summed E-state index contributed by atoms with van der Waals surface area (Å²) in [5, 5.41) is 3.17. The Bertz CT molecular complexity index is 546. The van der Waals surface area contributed by atoms with E-state index in [1.165, 1.54) is 25.7 Å². The molecule has 0 heterocycles. The molecular formula is C18H24N2O. The maximum atomic E-state index is 12.4. The van der Waals surface area contributed by atoms with E-state index < -0.39 is 0 Å². The average molecular weight is 284 g/mol. The van der Waals surface area contributed by atoms with Crippen LogP contribution in [0.25, 0.3) is 0 Å². The minimum absolute atomic E-state index is 0.0118. The number of nitrogens with one attached hydrogen (secondary N) is 1. The molecule has 1 fully saturated rings. The van der Waals surface area contributed by atoms with E-state index in [0.717, 1.165) is 24.0 Å². The monoisotopic (exact) mass is 284 g/mol. The smallest absolute Gasteiger partial charge is 0.251 e. The molecule has 3 nitrogen and oxygen atoms in total. The van der Waals surface area contributed by atoms with Crippen LogP contribution in [0.5, 0.6) is 0 Å². The van der Waals surface area contributed by atoms with Crippen LogP contribution in [0.4, 0.5) is 0 Å². The molecule has 0 saturated heterocycles. The van der Waals surface area contributed by atoms with Gasteiger partial charge in [0.15, 0.2) is 0 Å². The van der Waals surface area contributed by atoms with Crippen LogP contribution in [0.1, 0.15) is 60.0 Å². The third-order valence-electron chi connectivity index (χ3n) is 4.02. The summed E-state index contributed by atoms with van der Waals surface area (Å²) in [7, 11) is 0. The highest BCUT2D eigenvalue weighted by Crippen LogP contribution is 2.18. The Kier molecular flexibility index (Phi) is 5.83. The summed E-state index contributed by atoms with van der Waals surface area (Å²) < 4.78 is 0. The Labute approximate surface area is 127 Å². The van der Waals surface area contributed by atoms with Gasteiger partial charge in [-0.05, 0) is 37.5 Å². The van der Waals surface area contributed by atoms with Gasteiger partial charge < -0.3 is 11.1 Å². The van der Waals surface area contributed by atoms with Crippen molar-refractivity contribution in [2.45, 2.75) is 51.5 Å². The van der Waals surface area contributed by atoms with Gasteiger partial charge in [0.2, 0.25) is 0 Å². The Morgan fingerprint density at radius 1 is 1.29 bits per heavy atom. The largest absolute Gasteiger partial charge is 0.349 e. The van der Waals surface area contributed by atoms with Crippen molar-refractivity contribution in [1.29, 1.82) is 0 Å². The molecule has 0 unspecified atom stereocenters. The van der Waals surface area contributed by atoms with E-state index in [-0.39, 0.29) is 5.91 Å². The van der Waals surface area contributed by atoms with Crippen LogP contribution in [-0.4, -0.2) is 18.5 Å². The van der Waals surface area contributed by atoms with Gasteiger partial charge in [0.05, 0.1) is 6.54 Å². The van der Waals surface area contributed by atoms with E-state index in [4.69, 9.17) is 5.73 Å². The molecule has 2 rings (SSSR count). The number of aryl methyl sites for hydroxylation is 1. The van der Waals surface area contributed by atoms with E-state index in [0.29, 0.717) is 18.2 Å². The lowest BCUT2D eigenvalue weighted by molar-refractivity contribution is 0.0933. The lowest BCUT2D eigenvalue weighted by Crippen LogP contribution is -2.34. The zero-order valence-electron chi connectivity index (χ0n) is 12.7. The molecule has 1 aromatic carbocycles. The second-order valence-electron chi connectivity index (χ2n) is 5.70. The van der Waals surface area contributed by atoms with Crippen LogP contribution < -0.4 is 11.1 Å². The van der Waals surface area contributed by atoms with Gasteiger partial charge in [0.1, 0.15) is 0 Å². The van der Waals surface area contributed by atoms with Crippen molar-refractivity contribution in [1.82, 2.24) is 5.32 Å². The molecule has 21 heavy (non-hydrogen) atoms. The Morgan fingerprint density at radius 3 is 2.67 bits per heavy atom. The molecule has 0 aliphatic heterocycles. The van der Waals surface area contributed by atoms with Crippen molar-refractivity contribution in [2.24, 2.45) is 5.73 Å². The Balaban J connectivity index is 2.07. The van der Waals surface area contributed by atoms with Crippen LogP contribution in [0, 0.1) is 18.8 Å². The third-order valence-corrected chi connectivity index (χ3v) is 4.02. The summed E-state index contributed by atoms with van der Waals surface area (Å²) in [6.45, 7) is 2.32. The summed E-state index contributed by atoms with van der Waals surface area (Å²) in [6.07, 6.45) is 7.19. The molecule has 0 aromatic heterocycles. The summed E-state index contributed by atoms with van der Waals surface area (Å²) >= 11 is 0. The number of amides is 1. The van der Waals surface area contributed by atoms with Gasteiger partial charge in [-0.1, -0.05) is 43.6 Å². The fourth-order valence-corrected chi connectivity index (χ4v) is 2.74. The van der Waals surface area contributed by atoms with Crippen LogP contribution >= 0.6 is 0 Å². The molecule has 0 spiro atoms.